The predicted octanol–water partition coefficient (Wildman–Crippen LogP) is 3.64. The maximum Gasteiger partial charge on any atom is 0.410 e. The van der Waals surface area contributed by atoms with Crippen LogP contribution in [0.4, 0.5) is 10.5 Å². The summed E-state index contributed by atoms with van der Waals surface area (Å²) in [6.07, 6.45) is 3.47. The highest BCUT2D eigenvalue weighted by Gasteiger charge is 2.28. The van der Waals surface area contributed by atoms with Gasteiger partial charge in [0.2, 0.25) is 0 Å². The van der Waals surface area contributed by atoms with Crippen LogP contribution < -0.4 is 4.90 Å². The molecule has 8 nitrogen and oxygen atoms in total. The summed E-state index contributed by atoms with van der Waals surface area (Å²) < 4.78 is 10.5. The molecule has 2 fully saturated rings. The quantitative estimate of drug-likeness (QED) is 0.668. The van der Waals surface area contributed by atoms with Crippen LogP contribution in [0.1, 0.15) is 25.6 Å². The number of aromatic nitrogens is 3. The Kier molecular flexibility index (Phi) is 5.10. The van der Waals surface area contributed by atoms with Crippen LogP contribution in [0.2, 0.25) is 0 Å². The molecule has 3 aromatic rings. The van der Waals surface area contributed by atoms with Crippen LogP contribution in [0.5, 0.6) is 0 Å². The van der Waals surface area contributed by atoms with E-state index in [0.29, 0.717) is 26.3 Å². The van der Waals surface area contributed by atoms with Gasteiger partial charge in [0.1, 0.15) is 10.7 Å². The van der Waals surface area contributed by atoms with Crippen molar-refractivity contribution in [1.29, 1.82) is 0 Å². The third-order valence-corrected chi connectivity index (χ3v) is 7.19. The van der Waals surface area contributed by atoms with Crippen LogP contribution >= 0.6 is 11.3 Å². The molecule has 0 bridgehead atoms. The number of ether oxygens (including phenoxy) is 2. The van der Waals surface area contributed by atoms with Crippen molar-refractivity contribution >= 4 is 34.2 Å². The Morgan fingerprint density at radius 2 is 2.00 bits per heavy atom. The fraction of sp³-hybridized carbons (Fsp3) is 0.500. The second-order valence-corrected chi connectivity index (χ2v) is 10.1. The maximum absolute atomic E-state index is 12.3. The molecule has 0 atom stereocenters. The number of thiazole rings is 1. The van der Waals surface area contributed by atoms with Crippen molar-refractivity contribution in [2.45, 2.75) is 32.3 Å². The van der Waals surface area contributed by atoms with Crippen LogP contribution in [0.3, 0.4) is 0 Å². The van der Waals surface area contributed by atoms with Crippen LogP contribution in [-0.2, 0) is 14.9 Å². The van der Waals surface area contributed by atoms with E-state index < -0.39 is 0 Å². The summed E-state index contributed by atoms with van der Waals surface area (Å²) in [6, 6.07) is 4.18. The average molecular weight is 442 g/mol. The second-order valence-electron chi connectivity index (χ2n) is 9.07. The van der Waals surface area contributed by atoms with Crippen molar-refractivity contribution in [2.75, 3.05) is 44.3 Å². The highest BCUT2D eigenvalue weighted by molar-refractivity contribution is 7.15. The van der Waals surface area contributed by atoms with E-state index in [-0.39, 0.29) is 17.6 Å². The molecule has 31 heavy (non-hydrogen) atoms. The van der Waals surface area contributed by atoms with E-state index >= 15 is 0 Å². The zero-order valence-corrected chi connectivity index (χ0v) is 18.9. The number of amides is 1. The van der Waals surface area contributed by atoms with Crippen molar-refractivity contribution < 1.29 is 14.3 Å². The summed E-state index contributed by atoms with van der Waals surface area (Å²) in [5.41, 5.74) is 3.05. The molecule has 0 saturated carbocycles. The van der Waals surface area contributed by atoms with Crippen molar-refractivity contribution in [3.8, 4) is 10.7 Å². The Hall–Kier alpha value is -2.65. The zero-order valence-electron chi connectivity index (χ0n) is 18.1. The minimum atomic E-state index is -0.241. The molecule has 0 aliphatic carbocycles. The Morgan fingerprint density at radius 3 is 2.65 bits per heavy atom. The molecule has 0 aromatic carbocycles. The number of nitrogens with zero attached hydrogens (tertiary/aromatic N) is 4. The summed E-state index contributed by atoms with van der Waals surface area (Å²) >= 11 is 1.71. The lowest BCUT2D eigenvalue weighted by Crippen LogP contribution is -2.51. The third kappa shape index (κ3) is 3.99. The van der Waals surface area contributed by atoms with Crippen LogP contribution in [0.15, 0.2) is 24.5 Å². The van der Waals surface area contributed by atoms with E-state index in [1.165, 1.54) is 4.88 Å². The number of fused-ring (bicyclic) bond motifs is 1. The molecule has 2 aliphatic rings. The van der Waals surface area contributed by atoms with E-state index in [4.69, 9.17) is 9.47 Å². The third-order valence-electron chi connectivity index (χ3n) is 5.74. The predicted molar refractivity (Wildman–Crippen MR) is 121 cm³/mol. The Labute approximate surface area is 185 Å². The molecule has 164 valence electrons. The molecule has 0 spiro atoms. The first-order valence-electron chi connectivity index (χ1n) is 10.6. The first-order valence-corrected chi connectivity index (χ1v) is 11.4. The monoisotopic (exact) mass is 441 g/mol. The number of hydrogen-bond acceptors (Lipinski definition) is 7. The molecule has 1 amide bonds. The molecule has 0 unspecified atom stereocenters. The topological polar surface area (TPSA) is 83.6 Å². The summed E-state index contributed by atoms with van der Waals surface area (Å²) in [4.78, 5) is 30.2. The lowest BCUT2D eigenvalue weighted by Gasteiger charge is -2.37. The van der Waals surface area contributed by atoms with E-state index in [1.807, 2.05) is 18.5 Å². The number of pyridine rings is 1. The number of piperazine rings is 1. The van der Waals surface area contributed by atoms with Gasteiger partial charge in [-0.15, -0.1) is 11.3 Å². The fourth-order valence-corrected chi connectivity index (χ4v) is 4.72. The molecule has 5 rings (SSSR count). The summed E-state index contributed by atoms with van der Waals surface area (Å²) in [5.74, 6) is 0. The molecule has 1 N–H and O–H groups in total. The van der Waals surface area contributed by atoms with Gasteiger partial charge in [-0.1, -0.05) is 20.8 Å². The van der Waals surface area contributed by atoms with E-state index in [2.05, 4.69) is 46.7 Å². The lowest BCUT2D eigenvalue weighted by atomic mass is 9.96. The van der Waals surface area contributed by atoms with Gasteiger partial charge in [0.05, 0.1) is 18.9 Å². The van der Waals surface area contributed by atoms with Gasteiger partial charge in [-0.2, -0.15) is 0 Å². The molecule has 5 heterocycles. The van der Waals surface area contributed by atoms with Crippen LogP contribution in [0, 0.1) is 0 Å². The van der Waals surface area contributed by atoms with Gasteiger partial charge in [-0.05, 0) is 17.5 Å². The molecule has 3 aromatic heterocycles. The number of nitrogens with one attached hydrogen (secondary N) is 1. The molecule has 2 saturated heterocycles. The fourth-order valence-electron chi connectivity index (χ4n) is 3.78. The van der Waals surface area contributed by atoms with Crippen molar-refractivity contribution in [1.82, 2.24) is 19.9 Å². The van der Waals surface area contributed by atoms with Crippen molar-refractivity contribution in [3.63, 3.8) is 0 Å². The zero-order chi connectivity index (χ0) is 21.6. The summed E-state index contributed by atoms with van der Waals surface area (Å²) in [5, 5.41) is 2.05. The molecule has 0 radical (unpaired) electrons. The minimum absolute atomic E-state index is 0.0812. The van der Waals surface area contributed by atoms with Gasteiger partial charge >= 0.3 is 6.09 Å². The van der Waals surface area contributed by atoms with Gasteiger partial charge in [0.25, 0.3) is 0 Å². The molecule has 2 aliphatic heterocycles. The largest absolute Gasteiger partial charge is 0.441 e. The first-order chi connectivity index (χ1) is 14.9. The van der Waals surface area contributed by atoms with Crippen LogP contribution in [0.25, 0.3) is 21.7 Å². The number of carbonyl (C=O) groups excluding carboxylic acids is 1. The van der Waals surface area contributed by atoms with Gasteiger partial charge in [-0.3, -0.25) is 0 Å². The van der Waals surface area contributed by atoms with Gasteiger partial charge in [-0.25, -0.2) is 14.8 Å². The Balaban J connectivity index is 1.33. The number of rotatable bonds is 3. The lowest BCUT2D eigenvalue weighted by molar-refractivity contribution is -0.104. The first kappa shape index (κ1) is 20.3. The van der Waals surface area contributed by atoms with Crippen molar-refractivity contribution in [3.05, 3.63) is 29.4 Å². The number of aromatic amines is 1. The number of anilines is 1. The normalized spacial score (nSPS) is 17.8. The highest BCUT2D eigenvalue weighted by Crippen LogP contribution is 2.35. The average Bonchev–Trinajstić information content (AvgIpc) is 3.37. The Morgan fingerprint density at radius 1 is 1.23 bits per heavy atom. The van der Waals surface area contributed by atoms with E-state index in [0.717, 1.165) is 40.5 Å². The number of carbonyl (C=O) groups is 1. The van der Waals surface area contributed by atoms with E-state index in [1.54, 1.807) is 16.2 Å². The Bertz CT molecular complexity index is 1090. The number of hydrogen-bond donors (Lipinski definition) is 1. The molecular formula is C22H27N5O3S. The minimum Gasteiger partial charge on any atom is -0.441 e. The summed E-state index contributed by atoms with van der Waals surface area (Å²) in [6.45, 7) is 10.4. The van der Waals surface area contributed by atoms with Gasteiger partial charge in [0.15, 0.2) is 6.10 Å². The van der Waals surface area contributed by atoms with E-state index in [9.17, 15) is 4.79 Å². The number of H-pyrrole nitrogens is 1. The second kappa shape index (κ2) is 7.80. The summed E-state index contributed by atoms with van der Waals surface area (Å²) in [7, 11) is 0. The van der Waals surface area contributed by atoms with Crippen LogP contribution in [-0.4, -0.2) is 71.4 Å². The standard InChI is InChI=1S/C22H27N5O3S/c1-22(2,3)18-11-24-20(31-18)16-10-15-17(4-5-23-19(15)25-16)26-6-8-27(9-7-26)21(28)30-14-12-29-13-14/h4-5,10-11,14H,6-9,12-13H2,1-3H3,(H,23,25). The highest BCUT2D eigenvalue weighted by atomic mass is 32.1. The molecule has 9 heteroatoms. The van der Waals surface area contributed by atoms with Gasteiger partial charge < -0.3 is 24.3 Å². The smallest absolute Gasteiger partial charge is 0.410 e. The molecular weight excluding hydrogens is 414 g/mol. The SMILES string of the molecule is CC(C)(C)c1cnc(-c2cc3c(N4CCN(C(=O)OC5COC5)CC4)ccnc3[nH]2)s1. The maximum atomic E-state index is 12.3. The van der Waals surface area contributed by atoms with Gasteiger partial charge in [0, 0.05) is 54.5 Å². The van der Waals surface area contributed by atoms with Crippen molar-refractivity contribution in [2.24, 2.45) is 0 Å².